The van der Waals surface area contributed by atoms with Crippen LogP contribution in [0.1, 0.15) is 66.2 Å². The Morgan fingerprint density at radius 2 is 1.65 bits per heavy atom. The third-order valence-electron chi connectivity index (χ3n) is 5.85. The van der Waals surface area contributed by atoms with Crippen molar-refractivity contribution in [3.05, 3.63) is 0 Å². The van der Waals surface area contributed by atoms with Crippen LogP contribution in [0.5, 0.6) is 0 Å². The van der Waals surface area contributed by atoms with Crippen LogP contribution in [0.3, 0.4) is 0 Å². The number of likely N-dealkylation sites (N-methyl/N-ethyl adjacent to an activating group) is 1. The highest BCUT2D eigenvalue weighted by Gasteiger charge is 2.35. The lowest BCUT2D eigenvalue weighted by molar-refractivity contribution is 0.0819. The summed E-state index contributed by atoms with van der Waals surface area (Å²) in [5.74, 6) is 2.74. The Morgan fingerprint density at radius 1 is 1.05 bits per heavy atom. The summed E-state index contributed by atoms with van der Waals surface area (Å²) in [5.41, 5.74) is 6.64. The van der Waals surface area contributed by atoms with Crippen LogP contribution in [0, 0.1) is 23.2 Å². The maximum Gasteiger partial charge on any atom is 0.0246 e. The first-order valence-corrected chi connectivity index (χ1v) is 8.89. The Labute approximate surface area is 126 Å². The van der Waals surface area contributed by atoms with Gasteiger partial charge in [0.05, 0.1) is 0 Å². The second-order valence-electron chi connectivity index (χ2n) is 8.31. The first-order valence-electron chi connectivity index (χ1n) is 8.89. The third kappa shape index (κ3) is 4.21. The molecule has 2 heteroatoms. The zero-order valence-corrected chi connectivity index (χ0v) is 14.2. The number of nitrogens with two attached hydrogens (primary N) is 1. The highest BCUT2D eigenvalue weighted by atomic mass is 15.2. The molecule has 2 nitrogen and oxygen atoms in total. The normalized spacial score (nSPS) is 29.7. The van der Waals surface area contributed by atoms with Crippen molar-refractivity contribution in [2.75, 3.05) is 19.6 Å². The Morgan fingerprint density at radius 3 is 2.05 bits per heavy atom. The molecule has 118 valence electrons. The molecule has 2 aliphatic rings. The van der Waals surface area contributed by atoms with Crippen molar-refractivity contribution in [2.45, 2.75) is 72.3 Å². The van der Waals surface area contributed by atoms with Crippen molar-refractivity contribution in [3.8, 4) is 0 Å². The molecule has 0 aromatic rings. The third-order valence-corrected chi connectivity index (χ3v) is 5.85. The van der Waals surface area contributed by atoms with Gasteiger partial charge in [-0.05, 0) is 68.2 Å². The highest BCUT2D eigenvalue weighted by Crippen LogP contribution is 2.41. The van der Waals surface area contributed by atoms with Crippen molar-refractivity contribution >= 4 is 0 Å². The summed E-state index contributed by atoms with van der Waals surface area (Å²) in [6.07, 6.45) is 8.50. The van der Waals surface area contributed by atoms with Crippen LogP contribution >= 0.6 is 0 Å². The Kier molecular flexibility index (Phi) is 5.53. The van der Waals surface area contributed by atoms with E-state index in [0.717, 1.165) is 24.3 Å². The molecule has 0 aromatic carbocycles. The average Bonchev–Trinajstić information content (AvgIpc) is 3.22. The van der Waals surface area contributed by atoms with Gasteiger partial charge in [0.2, 0.25) is 0 Å². The van der Waals surface area contributed by atoms with E-state index in [1.165, 1.54) is 51.6 Å². The molecule has 0 amide bonds. The van der Waals surface area contributed by atoms with Crippen molar-refractivity contribution in [3.63, 3.8) is 0 Å². The molecule has 0 radical (unpaired) electrons. The highest BCUT2D eigenvalue weighted by molar-refractivity contribution is 4.89. The quantitative estimate of drug-likeness (QED) is 0.799. The minimum absolute atomic E-state index is 0.488. The SMILES string of the molecule is CCN(CC1CC1)C(CN)C1CCC(C(C)(C)C)CC1. The minimum atomic E-state index is 0.488. The summed E-state index contributed by atoms with van der Waals surface area (Å²) in [4.78, 5) is 2.69. The van der Waals surface area contributed by atoms with Crippen molar-refractivity contribution < 1.29 is 0 Å². The molecule has 1 unspecified atom stereocenters. The maximum absolute atomic E-state index is 6.15. The molecule has 20 heavy (non-hydrogen) atoms. The molecule has 2 saturated carbocycles. The molecule has 0 aliphatic heterocycles. The smallest absolute Gasteiger partial charge is 0.0246 e. The second-order valence-corrected chi connectivity index (χ2v) is 8.31. The fraction of sp³-hybridized carbons (Fsp3) is 1.00. The van der Waals surface area contributed by atoms with E-state index in [-0.39, 0.29) is 0 Å². The van der Waals surface area contributed by atoms with E-state index in [1.807, 2.05) is 0 Å². The largest absolute Gasteiger partial charge is 0.329 e. The van der Waals surface area contributed by atoms with E-state index in [2.05, 4.69) is 32.6 Å². The van der Waals surface area contributed by atoms with Crippen molar-refractivity contribution in [2.24, 2.45) is 28.9 Å². The summed E-state index contributed by atoms with van der Waals surface area (Å²) in [7, 11) is 0. The molecule has 0 heterocycles. The lowest BCUT2D eigenvalue weighted by Crippen LogP contribution is -2.47. The first-order chi connectivity index (χ1) is 9.45. The van der Waals surface area contributed by atoms with E-state index >= 15 is 0 Å². The van der Waals surface area contributed by atoms with Crippen LogP contribution in [0.2, 0.25) is 0 Å². The summed E-state index contributed by atoms with van der Waals surface area (Å²) in [5, 5.41) is 0. The van der Waals surface area contributed by atoms with Crippen LogP contribution in [-0.4, -0.2) is 30.6 Å². The van der Waals surface area contributed by atoms with Crippen LogP contribution in [0.25, 0.3) is 0 Å². The Hall–Kier alpha value is -0.0800. The standard InChI is InChI=1S/C18H36N2/c1-5-20(13-14-6-7-14)17(12-19)15-8-10-16(11-9-15)18(2,3)4/h14-17H,5-13,19H2,1-4H3. The van der Waals surface area contributed by atoms with E-state index in [9.17, 15) is 0 Å². The summed E-state index contributed by atoms with van der Waals surface area (Å²) >= 11 is 0. The Balaban J connectivity index is 1.88. The Bertz CT molecular complexity index is 282. The average molecular weight is 280 g/mol. The number of nitrogens with zero attached hydrogens (tertiary/aromatic N) is 1. The van der Waals surface area contributed by atoms with Crippen molar-refractivity contribution in [1.29, 1.82) is 0 Å². The van der Waals surface area contributed by atoms with Gasteiger partial charge in [0, 0.05) is 19.1 Å². The van der Waals surface area contributed by atoms with E-state index < -0.39 is 0 Å². The van der Waals surface area contributed by atoms with E-state index in [0.29, 0.717) is 11.5 Å². The van der Waals surface area contributed by atoms with Gasteiger partial charge in [0.25, 0.3) is 0 Å². The minimum Gasteiger partial charge on any atom is -0.329 e. The molecule has 0 spiro atoms. The number of hydrogen-bond acceptors (Lipinski definition) is 2. The molecule has 0 aromatic heterocycles. The van der Waals surface area contributed by atoms with Crippen LogP contribution in [-0.2, 0) is 0 Å². The fourth-order valence-corrected chi connectivity index (χ4v) is 4.14. The molecule has 1 atom stereocenters. The lowest BCUT2D eigenvalue weighted by Gasteiger charge is -2.42. The van der Waals surface area contributed by atoms with Gasteiger partial charge < -0.3 is 5.73 Å². The lowest BCUT2D eigenvalue weighted by atomic mass is 9.68. The molecule has 0 saturated heterocycles. The van der Waals surface area contributed by atoms with Crippen LogP contribution in [0.4, 0.5) is 0 Å². The van der Waals surface area contributed by atoms with Gasteiger partial charge in [-0.3, -0.25) is 4.90 Å². The van der Waals surface area contributed by atoms with E-state index in [1.54, 1.807) is 0 Å². The number of hydrogen-bond donors (Lipinski definition) is 1. The predicted molar refractivity (Wildman–Crippen MR) is 87.7 cm³/mol. The van der Waals surface area contributed by atoms with Gasteiger partial charge in [-0.2, -0.15) is 0 Å². The summed E-state index contributed by atoms with van der Waals surface area (Å²) in [6, 6.07) is 0.640. The fourth-order valence-electron chi connectivity index (χ4n) is 4.14. The van der Waals surface area contributed by atoms with Crippen LogP contribution < -0.4 is 5.73 Å². The molecule has 2 rings (SSSR count). The van der Waals surface area contributed by atoms with Gasteiger partial charge >= 0.3 is 0 Å². The second kappa shape index (κ2) is 6.79. The molecule has 0 bridgehead atoms. The predicted octanol–water partition coefficient (Wildman–Crippen LogP) is 3.90. The van der Waals surface area contributed by atoms with Gasteiger partial charge in [-0.1, -0.05) is 27.7 Å². The van der Waals surface area contributed by atoms with Gasteiger partial charge in [-0.25, -0.2) is 0 Å². The van der Waals surface area contributed by atoms with Gasteiger partial charge in [-0.15, -0.1) is 0 Å². The number of rotatable bonds is 6. The summed E-state index contributed by atoms with van der Waals surface area (Å²) < 4.78 is 0. The van der Waals surface area contributed by atoms with E-state index in [4.69, 9.17) is 5.73 Å². The molecular formula is C18H36N2. The zero-order chi connectivity index (χ0) is 14.8. The zero-order valence-electron chi connectivity index (χ0n) is 14.2. The van der Waals surface area contributed by atoms with Crippen LogP contribution in [0.15, 0.2) is 0 Å². The molecule has 2 aliphatic carbocycles. The molecular weight excluding hydrogens is 244 g/mol. The maximum atomic E-state index is 6.15. The first kappa shape index (κ1) is 16.3. The monoisotopic (exact) mass is 280 g/mol. The van der Waals surface area contributed by atoms with Gasteiger partial charge in [0.1, 0.15) is 0 Å². The van der Waals surface area contributed by atoms with Gasteiger partial charge in [0.15, 0.2) is 0 Å². The topological polar surface area (TPSA) is 29.3 Å². The molecule has 2 fully saturated rings. The van der Waals surface area contributed by atoms with Crippen molar-refractivity contribution in [1.82, 2.24) is 4.90 Å². The summed E-state index contributed by atoms with van der Waals surface area (Å²) in [6.45, 7) is 12.9. The molecule has 2 N–H and O–H groups in total.